The number of hydrogen-bond acceptors (Lipinski definition) is 5. The maximum absolute atomic E-state index is 12.1. The molecule has 7 heteroatoms. The molecule has 2 atom stereocenters. The SMILES string of the molecule is CCC1(C)NC(=O)N(CC(O)CNCCOC)C1=O. The second-order valence-electron chi connectivity index (χ2n) is 4.88. The van der Waals surface area contributed by atoms with Crippen LogP contribution in [-0.4, -0.2) is 66.9 Å². The van der Waals surface area contributed by atoms with Gasteiger partial charge in [-0.3, -0.25) is 9.69 Å². The maximum atomic E-state index is 12.1. The lowest BCUT2D eigenvalue weighted by Gasteiger charge is -2.21. The molecule has 110 valence electrons. The lowest BCUT2D eigenvalue weighted by atomic mass is 9.99. The van der Waals surface area contributed by atoms with Crippen molar-refractivity contribution >= 4 is 11.9 Å². The number of β-amino-alcohol motifs (C(OH)–C–C–N with tert-alkyl or cyclic N) is 1. The number of imide groups is 1. The topological polar surface area (TPSA) is 90.9 Å². The van der Waals surface area contributed by atoms with Crippen LogP contribution in [0.25, 0.3) is 0 Å². The molecule has 3 amide bonds. The minimum absolute atomic E-state index is 0.000237. The lowest BCUT2D eigenvalue weighted by Crippen LogP contribution is -2.45. The van der Waals surface area contributed by atoms with Crippen molar-refractivity contribution < 1.29 is 19.4 Å². The van der Waals surface area contributed by atoms with E-state index in [0.717, 1.165) is 4.90 Å². The number of amides is 3. The number of nitrogens with zero attached hydrogens (tertiary/aromatic N) is 1. The molecule has 1 saturated heterocycles. The van der Waals surface area contributed by atoms with Crippen LogP contribution in [0.5, 0.6) is 0 Å². The van der Waals surface area contributed by atoms with Crippen LogP contribution >= 0.6 is 0 Å². The van der Waals surface area contributed by atoms with Crippen molar-refractivity contribution in [2.75, 3.05) is 33.4 Å². The Balaban J connectivity index is 2.44. The van der Waals surface area contributed by atoms with Gasteiger partial charge in [0.2, 0.25) is 0 Å². The third kappa shape index (κ3) is 3.89. The minimum atomic E-state index is -0.847. The quantitative estimate of drug-likeness (QED) is 0.402. The van der Waals surface area contributed by atoms with Gasteiger partial charge in [-0.2, -0.15) is 0 Å². The summed E-state index contributed by atoms with van der Waals surface area (Å²) in [6, 6.07) is -0.440. The Bertz CT molecular complexity index is 337. The van der Waals surface area contributed by atoms with E-state index < -0.39 is 17.7 Å². The van der Waals surface area contributed by atoms with Crippen molar-refractivity contribution in [3.05, 3.63) is 0 Å². The zero-order valence-electron chi connectivity index (χ0n) is 11.7. The van der Waals surface area contributed by atoms with Crippen LogP contribution in [-0.2, 0) is 9.53 Å². The van der Waals surface area contributed by atoms with Crippen molar-refractivity contribution in [1.29, 1.82) is 0 Å². The lowest BCUT2D eigenvalue weighted by molar-refractivity contribution is -0.131. The summed E-state index contributed by atoms with van der Waals surface area (Å²) >= 11 is 0. The Kier molecular flexibility index (Phi) is 5.71. The van der Waals surface area contributed by atoms with Crippen LogP contribution in [0.4, 0.5) is 4.79 Å². The molecule has 0 saturated carbocycles. The molecular formula is C12H23N3O4. The molecular weight excluding hydrogens is 250 g/mol. The summed E-state index contributed by atoms with van der Waals surface area (Å²) in [7, 11) is 1.59. The van der Waals surface area contributed by atoms with Crippen molar-refractivity contribution in [2.24, 2.45) is 0 Å². The number of rotatable bonds is 8. The number of carbonyl (C=O) groups excluding carboxylic acids is 2. The van der Waals surface area contributed by atoms with E-state index >= 15 is 0 Å². The summed E-state index contributed by atoms with van der Waals surface area (Å²) < 4.78 is 4.86. The molecule has 1 aliphatic heterocycles. The minimum Gasteiger partial charge on any atom is -0.390 e. The van der Waals surface area contributed by atoms with E-state index in [2.05, 4.69) is 10.6 Å². The van der Waals surface area contributed by atoms with Crippen LogP contribution in [0.3, 0.4) is 0 Å². The summed E-state index contributed by atoms with van der Waals surface area (Å²) in [5, 5.41) is 15.4. The highest BCUT2D eigenvalue weighted by atomic mass is 16.5. The fraction of sp³-hybridized carbons (Fsp3) is 0.833. The van der Waals surface area contributed by atoms with Gasteiger partial charge in [0.05, 0.1) is 19.3 Å². The smallest absolute Gasteiger partial charge is 0.325 e. The van der Waals surface area contributed by atoms with Crippen molar-refractivity contribution in [1.82, 2.24) is 15.5 Å². The van der Waals surface area contributed by atoms with Crippen LogP contribution in [0.1, 0.15) is 20.3 Å². The van der Waals surface area contributed by atoms with Crippen molar-refractivity contribution in [3.8, 4) is 0 Å². The second-order valence-corrected chi connectivity index (χ2v) is 4.88. The van der Waals surface area contributed by atoms with Gasteiger partial charge in [-0.05, 0) is 13.3 Å². The van der Waals surface area contributed by atoms with E-state index in [1.807, 2.05) is 6.92 Å². The van der Waals surface area contributed by atoms with Gasteiger partial charge >= 0.3 is 6.03 Å². The summed E-state index contributed by atoms with van der Waals surface area (Å²) in [5.41, 5.74) is -0.847. The van der Waals surface area contributed by atoms with Gasteiger partial charge in [0.25, 0.3) is 5.91 Å². The molecule has 0 aromatic rings. The summed E-state index contributed by atoms with van der Waals surface area (Å²) in [4.78, 5) is 24.9. The van der Waals surface area contributed by atoms with Crippen molar-refractivity contribution in [3.63, 3.8) is 0 Å². The molecule has 1 aliphatic rings. The molecule has 1 heterocycles. The third-order valence-electron chi connectivity index (χ3n) is 3.31. The standard InChI is InChI=1S/C12H23N3O4/c1-4-12(2)10(17)15(11(18)14-12)8-9(16)7-13-5-6-19-3/h9,13,16H,4-8H2,1-3H3,(H,14,18). The number of hydrogen-bond donors (Lipinski definition) is 3. The zero-order valence-corrected chi connectivity index (χ0v) is 11.7. The first-order chi connectivity index (χ1) is 8.94. The highest BCUT2D eigenvalue weighted by molar-refractivity contribution is 6.06. The average Bonchev–Trinajstić information content (AvgIpc) is 2.59. The van der Waals surface area contributed by atoms with Gasteiger partial charge in [-0.25, -0.2) is 4.79 Å². The van der Waals surface area contributed by atoms with E-state index in [-0.39, 0.29) is 12.5 Å². The van der Waals surface area contributed by atoms with E-state index in [0.29, 0.717) is 26.1 Å². The van der Waals surface area contributed by atoms with Crippen LogP contribution < -0.4 is 10.6 Å². The first kappa shape index (κ1) is 15.9. The average molecular weight is 273 g/mol. The Morgan fingerprint density at radius 1 is 1.53 bits per heavy atom. The molecule has 7 nitrogen and oxygen atoms in total. The first-order valence-electron chi connectivity index (χ1n) is 6.46. The Morgan fingerprint density at radius 2 is 2.21 bits per heavy atom. The van der Waals surface area contributed by atoms with Gasteiger partial charge in [0.15, 0.2) is 0 Å². The Morgan fingerprint density at radius 3 is 2.74 bits per heavy atom. The van der Waals surface area contributed by atoms with Crippen LogP contribution in [0.2, 0.25) is 0 Å². The monoisotopic (exact) mass is 273 g/mol. The highest BCUT2D eigenvalue weighted by Gasteiger charge is 2.46. The number of ether oxygens (including phenoxy) is 1. The Labute approximate surface area is 113 Å². The molecule has 2 unspecified atom stereocenters. The number of aliphatic hydroxyl groups is 1. The molecule has 0 aromatic heterocycles. The van der Waals surface area contributed by atoms with E-state index in [1.165, 1.54) is 0 Å². The molecule has 19 heavy (non-hydrogen) atoms. The first-order valence-corrected chi connectivity index (χ1v) is 6.46. The second kappa shape index (κ2) is 6.83. The predicted octanol–water partition coefficient (Wildman–Crippen LogP) is -0.696. The molecule has 0 radical (unpaired) electrons. The highest BCUT2D eigenvalue weighted by Crippen LogP contribution is 2.20. The number of urea groups is 1. The largest absolute Gasteiger partial charge is 0.390 e. The normalized spacial score (nSPS) is 24.7. The Hall–Kier alpha value is -1.18. The van der Waals surface area contributed by atoms with E-state index in [9.17, 15) is 14.7 Å². The molecule has 1 rings (SSSR count). The molecule has 0 aromatic carbocycles. The van der Waals surface area contributed by atoms with Gasteiger partial charge in [0, 0.05) is 20.2 Å². The summed E-state index contributed by atoms with van der Waals surface area (Å²) in [5.74, 6) is -0.282. The van der Waals surface area contributed by atoms with E-state index in [1.54, 1.807) is 14.0 Å². The number of methoxy groups -OCH3 is 1. The number of aliphatic hydroxyl groups excluding tert-OH is 1. The van der Waals surface area contributed by atoms with Gasteiger partial charge in [0.1, 0.15) is 5.54 Å². The molecule has 1 fully saturated rings. The maximum Gasteiger partial charge on any atom is 0.325 e. The van der Waals surface area contributed by atoms with Gasteiger partial charge < -0.3 is 20.5 Å². The molecule has 0 aliphatic carbocycles. The van der Waals surface area contributed by atoms with E-state index in [4.69, 9.17) is 4.74 Å². The van der Waals surface area contributed by atoms with Gasteiger partial charge in [-0.1, -0.05) is 6.92 Å². The van der Waals surface area contributed by atoms with Crippen LogP contribution in [0.15, 0.2) is 0 Å². The predicted molar refractivity (Wildman–Crippen MR) is 69.7 cm³/mol. The van der Waals surface area contributed by atoms with Crippen LogP contribution in [0, 0.1) is 0 Å². The number of nitrogens with one attached hydrogen (secondary N) is 2. The number of carbonyl (C=O) groups is 2. The fourth-order valence-electron chi connectivity index (χ4n) is 1.87. The zero-order chi connectivity index (χ0) is 14.5. The van der Waals surface area contributed by atoms with Gasteiger partial charge in [-0.15, -0.1) is 0 Å². The summed E-state index contributed by atoms with van der Waals surface area (Å²) in [6.07, 6.45) is -0.262. The third-order valence-corrected chi connectivity index (χ3v) is 3.31. The molecule has 0 bridgehead atoms. The van der Waals surface area contributed by atoms with Crippen molar-refractivity contribution in [2.45, 2.75) is 31.9 Å². The molecule has 0 spiro atoms. The summed E-state index contributed by atoms with van der Waals surface area (Å²) in [6.45, 7) is 4.99. The molecule has 3 N–H and O–H groups in total. The fourth-order valence-corrected chi connectivity index (χ4v) is 1.87.